The minimum atomic E-state index is -0.554. The Morgan fingerprint density at radius 3 is 2.67 bits per heavy atom. The van der Waals surface area contributed by atoms with Gasteiger partial charge in [-0.1, -0.05) is 6.07 Å². The van der Waals surface area contributed by atoms with Crippen LogP contribution in [0, 0.1) is 10.1 Å². The molecule has 0 atom stereocenters. The predicted molar refractivity (Wildman–Crippen MR) is 93.9 cm³/mol. The molecule has 2 N–H and O–H groups in total. The third-order valence-corrected chi connectivity index (χ3v) is 4.08. The second-order valence-corrected chi connectivity index (χ2v) is 5.72. The van der Waals surface area contributed by atoms with Crippen LogP contribution in [0.1, 0.15) is 0 Å². The number of hydrogen-bond donors (Lipinski definition) is 2. The van der Waals surface area contributed by atoms with Crippen LogP contribution in [0.25, 0.3) is 22.1 Å². The van der Waals surface area contributed by atoms with E-state index in [1.54, 1.807) is 36.2 Å². The second-order valence-electron chi connectivity index (χ2n) is 5.72. The van der Waals surface area contributed by atoms with Gasteiger partial charge in [0.1, 0.15) is 11.2 Å². The molecule has 0 bridgehead atoms. The van der Waals surface area contributed by atoms with Crippen molar-refractivity contribution in [1.29, 1.82) is 0 Å². The fraction of sp³-hybridized carbons (Fsp3) is 0.200. The van der Waals surface area contributed by atoms with Crippen LogP contribution in [-0.4, -0.2) is 50.9 Å². The van der Waals surface area contributed by atoms with Crippen LogP contribution in [0.15, 0.2) is 33.5 Å². The summed E-state index contributed by atoms with van der Waals surface area (Å²) in [6.07, 6.45) is 0. The molecule has 0 saturated carbocycles. The van der Waals surface area contributed by atoms with E-state index in [0.717, 1.165) is 0 Å². The first-order valence-electron chi connectivity index (χ1n) is 7.84. The zero-order chi connectivity index (χ0) is 19.0. The highest BCUT2D eigenvalue weighted by molar-refractivity contribution is 6.02. The third kappa shape index (κ3) is 2.77. The Morgan fingerprint density at radius 2 is 1.89 bits per heavy atom. The number of rotatable bonds is 6. The average molecular weight is 371 g/mol. The highest BCUT2D eigenvalue weighted by Gasteiger charge is 2.28. The van der Waals surface area contributed by atoms with Crippen LogP contribution in [0.2, 0.25) is 0 Å². The van der Waals surface area contributed by atoms with Gasteiger partial charge in [-0.3, -0.25) is 10.1 Å². The fourth-order valence-corrected chi connectivity index (χ4v) is 2.80. The van der Waals surface area contributed by atoms with Crippen molar-refractivity contribution in [3.8, 4) is 0 Å². The molecular formula is C15H13N7O5. The van der Waals surface area contributed by atoms with Crippen molar-refractivity contribution in [1.82, 2.24) is 20.6 Å². The predicted octanol–water partition coefficient (Wildman–Crippen LogP) is 1.84. The lowest BCUT2D eigenvalue weighted by molar-refractivity contribution is -0.382. The second kappa shape index (κ2) is 6.49. The van der Waals surface area contributed by atoms with Crippen molar-refractivity contribution in [2.24, 2.45) is 0 Å². The van der Waals surface area contributed by atoms with Crippen molar-refractivity contribution >= 4 is 44.8 Å². The summed E-state index contributed by atoms with van der Waals surface area (Å²) in [6.45, 7) is 0.0231. The number of nitro groups is 1. The molecule has 138 valence electrons. The molecule has 2 aromatic carbocycles. The first kappa shape index (κ1) is 16.7. The quantitative estimate of drug-likeness (QED) is 0.376. The number of likely N-dealkylation sites (N-methyl/N-ethyl adjacent to an activating group) is 1. The van der Waals surface area contributed by atoms with Crippen LogP contribution in [0.4, 0.5) is 22.7 Å². The first-order valence-corrected chi connectivity index (χ1v) is 7.84. The van der Waals surface area contributed by atoms with Gasteiger partial charge in [0.2, 0.25) is 5.52 Å². The summed E-state index contributed by atoms with van der Waals surface area (Å²) >= 11 is 0. The number of hydrogen-bond acceptors (Lipinski definition) is 11. The summed E-state index contributed by atoms with van der Waals surface area (Å²) in [6, 6.07) is 6.80. The number of aliphatic hydroxyl groups is 1. The lowest BCUT2D eigenvalue weighted by Crippen LogP contribution is -2.22. The summed E-state index contributed by atoms with van der Waals surface area (Å²) in [5, 5.41) is 39.1. The summed E-state index contributed by atoms with van der Waals surface area (Å²) in [5.74, 6) is 0. The number of nitro benzene ring substituents is 1. The minimum absolute atomic E-state index is 0.00440. The SMILES string of the molecule is CN(CCO)c1cc(Nc2cccc3nonc23)c2nonc2c1[N+](=O)[O-]. The van der Waals surface area contributed by atoms with Gasteiger partial charge in [-0.25, -0.2) is 9.26 Å². The summed E-state index contributed by atoms with van der Waals surface area (Å²) in [5.41, 5.74) is 2.22. The molecule has 0 unspecified atom stereocenters. The lowest BCUT2D eigenvalue weighted by Gasteiger charge is -2.19. The normalized spacial score (nSPS) is 11.2. The molecular weight excluding hydrogens is 358 g/mol. The number of aromatic nitrogens is 4. The van der Waals surface area contributed by atoms with Gasteiger partial charge in [-0.2, -0.15) is 0 Å². The van der Waals surface area contributed by atoms with Crippen molar-refractivity contribution in [3.05, 3.63) is 34.4 Å². The monoisotopic (exact) mass is 371 g/mol. The lowest BCUT2D eigenvalue weighted by atomic mass is 10.1. The molecule has 0 saturated heterocycles. The molecule has 0 aliphatic rings. The number of anilines is 3. The Labute approximate surface area is 150 Å². The number of nitrogens with one attached hydrogen (secondary N) is 1. The zero-order valence-corrected chi connectivity index (χ0v) is 14.0. The van der Waals surface area contributed by atoms with Gasteiger partial charge in [0, 0.05) is 13.6 Å². The smallest absolute Gasteiger partial charge is 0.323 e. The Kier molecular flexibility index (Phi) is 4.01. The molecule has 0 spiro atoms. The molecule has 0 amide bonds. The number of benzene rings is 2. The van der Waals surface area contributed by atoms with Gasteiger partial charge in [0.05, 0.1) is 22.9 Å². The van der Waals surface area contributed by atoms with Crippen molar-refractivity contribution in [2.45, 2.75) is 0 Å². The Morgan fingerprint density at radius 1 is 1.15 bits per heavy atom. The Hall–Kier alpha value is -3.80. The maximum absolute atomic E-state index is 11.6. The van der Waals surface area contributed by atoms with E-state index in [4.69, 9.17) is 9.26 Å². The maximum atomic E-state index is 11.6. The molecule has 0 radical (unpaired) electrons. The Bertz CT molecular complexity index is 1140. The molecule has 2 heterocycles. The molecule has 27 heavy (non-hydrogen) atoms. The van der Waals surface area contributed by atoms with Crippen LogP contribution < -0.4 is 10.2 Å². The van der Waals surface area contributed by atoms with E-state index >= 15 is 0 Å². The molecule has 0 aliphatic carbocycles. The minimum Gasteiger partial charge on any atom is -0.395 e. The maximum Gasteiger partial charge on any atom is 0.323 e. The van der Waals surface area contributed by atoms with Crippen LogP contribution in [-0.2, 0) is 0 Å². The topological polar surface area (TPSA) is 156 Å². The number of fused-ring (bicyclic) bond motifs is 2. The van der Waals surface area contributed by atoms with E-state index in [0.29, 0.717) is 22.4 Å². The van der Waals surface area contributed by atoms with E-state index < -0.39 is 4.92 Å². The van der Waals surface area contributed by atoms with Gasteiger partial charge in [-0.05, 0) is 38.8 Å². The average Bonchev–Trinajstić information content (AvgIpc) is 3.31. The molecule has 12 heteroatoms. The largest absolute Gasteiger partial charge is 0.395 e. The third-order valence-electron chi connectivity index (χ3n) is 4.08. The van der Waals surface area contributed by atoms with Gasteiger partial charge >= 0.3 is 5.69 Å². The van der Waals surface area contributed by atoms with Gasteiger partial charge in [0.25, 0.3) is 0 Å². The van der Waals surface area contributed by atoms with Crippen LogP contribution in [0.3, 0.4) is 0 Å². The van der Waals surface area contributed by atoms with Crippen LogP contribution in [0.5, 0.6) is 0 Å². The summed E-state index contributed by atoms with van der Waals surface area (Å²) < 4.78 is 9.49. The van der Waals surface area contributed by atoms with Gasteiger partial charge in [-0.15, -0.1) is 0 Å². The van der Waals surface area contributed by atoms with E-state index in [1.807, 2.05) is 0 Å². The molecule has 0 aliphatic heterocycles. The highest BCUT2D eigenvalue weighted by atomic mass is 16.6. The van der Waals surface area contributed by atoms with E-state index in [-0.39, 0.29) is 35.6 Å². The molecule has 4 rings (SSSR count). The zero-order valence-electron chi connectivity index (χ0n) is 14.0. The summed E-state index contributed by atoms with van der Waals surface area (Å²) in [4.78, 5) is 12.6. The number of aliphatic hydroxyl groups excluding tert-OH is 1. The molecule has 4 aromatic rings. The number of nitrogens with zero attached hydrogens (tertiary/aromatic N) is 6. The Balaban J connectivity index is 1.90. The standard InChI is InChI=1S/C15H13N7O5/c1-21(5-6-23)11-7-10(13-14(20-27-19-13)15(11)22(24)25)16-8-3-2-4-9-12(8)18-26-17-9/h2-4,7,16,23H,5-6H2,1H3. The van der Waals surface area contributed by atoms with Crippen molar-refractivity contribution in [3.63, 3.8) is 0 Å². The molecule has 0 fully saturated rings. The van der Waals surface area contributed by atoms with E-state index in [1.165, 1.54) is 0 Å². The van der Waals surface area contributed by atoms with E-state index in [2.05, 4.69) is 25.9 Å². The van der Waals surface area contributed by atoms with E-state index in [9.17, 15) is 15.2 Å². The highest BCUT2D eigenvalue weighted by Crippen LogP contribution is 2.39. The van der Waals surface area contributed by atoms with Gasteiger partial charge in [0.15, 0.2) is 11.0 Å². The fourth-order valence-electron chi connectivity index (χ4n) is 2.80. The van der Waals surface area contributed by atoms with Gasteiger partial charge < -0.3 is 15.3 Å². The molecule has 2 aromatic heterocycles. The van der Waals surface area contributed by atoms with Crippen molar-refractivity contribution < 1.29 is 19.3 Å². The first-order chi connectivity index (χ1) is 13.1. The molecule has 12 nitrogen and oxygen atoms in total. The van der Waals surface area contributed by atoms with Crippen molar-refractivity contribution in [2.75, 3.05) is 30.4 Å². The summed E-state index contributed by atoms with van der Waals surface area (Å²) in [7, 11) is 1.63. The van der Waals surface area contributed by atoms with Crippen LogP contribution >= 0.6 is 0 Å².